The minimum absolute atomic E-state index is 0.0401. The molecule has 0 bridgehead atoms. The van der Waals surface area contributed by atoms with Crippen LogP contribution in [0.1, 0.15) is 11.3 Å². The highest BCUT2D eigenvalue weighted by atomic mass is 32.1. The van der Waals surface area contributed by atoms with Crippen molar-refractivity contribution in [3.8, 4) is 5.75 Å². The van der Waals surface area contributed by atoms with Crippen LogP contribution in [0.25, 0.3) is 20.4 Å². The number of pyridine rings is 1. The number of ether oxygens (including phenoxy) is 1. The highest BCUT2D eigenvalue weighted by Gasteiger charge is 2.14. The van der Waals surface area contributed by atoms with Crippen LogP contribution in [0.3, 0.4) is 0 Å². The van der Waals surface area contributed by atoms with Gasteiger partial charge in [-0.1, -0.05) is 18.2 Å². The number of fused-ring (bicyclic) bond motifs is 3. The van der Waals surface area contributed by atoms with Gasteiger partial charge in [0, 0.05) is 11.1 Å². The summed E-state index contributed by atoms with van der Waals surface area (Å²) in [5.74, 6) is 0.793. The number of aromatic nitrogens is 3. The summed E-state index contributed by atoms with van der Waals surface area (Å²) >= 11 is 1.41. The van der Waals surface area contributed by atoms with Gasteiger partial charge in [0.25, 0.3) is 5.56 Å². The average Bonchev–Trinajstić information content (AvgIpc) is 2.97. The number of thiophene rings is 1. The van der Waals surface area contributed by atoms with E-state index in [-0.39, 0.29) is 5.56 Å². The zero-order chi connectivity index (χ0) is 17.4. The van der Waals surface area contributed by atoms with Crippen molar-refractivity contribution in [3.05, 3.63) is 64.3 Å². The average molecular weight is 351 g/mol. The van der Waals surface area contributed by atoms with Gasteiger partial charge >= 0.3 is 0 Å². The van der Waals surface area contributed by atoms with Crippen molar-refractivity contribution >= 4 is 31.8 Å². The van der Waals surface area contributed by atoms with Crippen LogP contribution in [0.5, 0.6) is 5.75 Å². The molecule has 0 aliphatic carbocycles. The van der Waals surface area contributed by atoms with E-state index in [1.165, 1.54) is 11.3 Å². The third kappa shape index (κ3) is 2.89. The maximum Gasteiger partial charge on any atom is 0.271 e. The molecule has 6 heteroatoms. The molecule has 1 aromatic carbocycles. The van der Waals surface area contributed by atoms with Crippen LogP contribution < -0.4 is 10.3 Å². The maximum absolute atomic E-state index is 12.8. The number of aryl methyl sites for hydroxylation is 2. The van der Waals surface area contributed by atoms with E-state index in [9.17, 15) is 4.79 Å². The molecule has 0 radical (unpaired) electrons. The van der Waals surface area contributed by atoms with Crippen molar-refractivity contribution in [2.24, 2.45) is 0 Å². The van der Waals surface area contributed by atoms with Gasteiger partial charge in [0.1, 0.15) is 21.9 Å². The Bertz CT molecular complexity index is 1120. The molecule has 4 aromatic rings. The SMILES string of the molecule is Cc1cc(C)c2c(n1)sc1c(=O)n(CCOc3ccccc3)cnc12. The van der Waals surface area contributed by atoms with E-state index in [4.69, 9.17) is 4.74 Å². The number of nitrogens with zero attached hydrogens (tertiary/aromatic N) is 3. The lowest BCUT2D eigenvalue weighted by Gasteiger charge is -2.07. The summed E-state index contributed by atoms with van der Waals surface area (Å²) in [4.78, 5) is 22.7. The van der Waals surface area contributed by atoms with E-state index < -0.39 is 0 Å². The fourth-order valence-corrected chi connectivity index (χ4v) is 4.14. The van der Waals surface area contributed by atoms with E-state index in [0.717, 1.165) is 32.7 Å². The fourth-order valence-electron chi connectivity index (χ4n) is 2.94. The molecule has 5 nitrogen and oxygen atoms in total. The van der Waals surface area contributed by atoms with E-state index in [1.807, 2.05) is 50.2 Å². The zero-order valence-corrected chi connectivity index (χ0v) is 14.8. The largest absolute Gasteiger partial charge is 0.492 e. The summed E-state index contributed by atoms with van der Waals surface area (Å²) in [6.07, 6.45) is 1.60. The topological polar surface area (TPSA) is 57.0 Å². The summed E-state index contributed by atoms with van der Waals surface area (Å²) < 4.78 is 7.93. The van der Waals surface area contributed by atoms with Crippen LogP contribution in [0.15, 0.2) is 47.5 Å². The molecule has 0 N–H and O–H groups in total. The van der Waals surface area contributed by atoms with Crippen molar-refractivity contribution in [2.45, 2.75) is 20.4 Å². The molecule has 0 fully saturated rings. The number of hydrogen-bond acceptors (Lipinski definition) is 5. The third-order valence-electron chi connectivity index (χ3n) is 4.09. The van der Waals surface area contributed by atoms with Crippen LogP contribution in [0, 0.1) is 13.8 Å². The van der Waals surface area contributed by atoms with Crippen LogP contribution in [0.4, 0.5) is 0 Å². The van der Waals surface area contributed by atoms with Gasteiger partial charge in [0.15, 0.2) is 0 Å². The lowest BCUT2D eigenvalue weighted by Crippen LogP contribution is -2.22. The van der Waals surface area contributed by atoms with Crippen molar-refractivity contribution in [1.29, 1.82) is 0 Å². The molecule has 0 aliphatic rings. The van der Waals surface area contributed by atoms with E-state index in [1.54, 1.807) is 10.9 Å². The molecule has 0 aliphatic heterocycles. The molecule has 0 unspecified atom stereocenters. The van der Waals surface area contributed by atoms with Gasteiger partial charge in [0.05, 0.1) is 18.4 Å². The lowest BCUT2D eigenvalue weighted by molar-refractivity contribution is 0.296. The Morgan fingerprint density at radius 2 is 2.00 bits per heavy atom. The zero-order valence-electron chi connectivity index (χ0n) is 14.0. The maximum atomic E-state index is 12.8. The summed E-state index contributed by atoms with van der Waals surface area (Å²) in [6.45, 7) is 4.86. The first kappa shape index (κ1) is 15.8. The Morgan fingerprint density at radius 1 is 1.20 bits per heavy atom. The highest BCUT2D eigenvalue weighted by molar-refractivity contribution is 7.25. The molecule has 0 amide bonds. The van der Waals surface area contributed by atoms with Crippen LogP contribution in [-0.2, 0) is 6.54 Å². The summed E-state index contributed by atoms with van der Waals surface area (Å²) in [5, 5.41) is 0.982. The summed E-state index contributed by atoms with van der Waals surface area (Å²) in [7, 11) is 0. The minimum atomic E-state index is -0.0401. The predicted octanol–water partition coefficient (Wildman–Crippen LogP) is 3.70. The third-order valence-corrected chi connectivity index (χ3v) is 5.15. The molecule has 0 saturated carbocycles. The lowest BCUT2D eigenvalue weighted by atomic mass is 10.1. The van der Waals surface area contributed by atoms with Crippen LogP contribution >= 0.6 is 11.3 Å². The Kier molecular flexibility index (Phi) is 3.97. The van der Waals surface area contributed by atoms with Crippen molar-refractivity contribution in [2.75, 3.05) is 6.61 Å². The first-order valence-corrected chi connectivity index (χ1v) is 8.89. The normalized spacial score (nSPS) is 11.3. The van der Waals surface area contributed by atoms with E-state index in [2.05, 4.69) is 9.97 Å². The van der Waals surface area contributed by atoms with Gasteiger partial charge in [-0.2, -0.15) is 0 Å². The monoisotopic (exact) mass is 351 g/mol. The smallest absolute Gasteiger partial charge is 0.271 e. The van der Waals surface area contributed by atoms with Crippen molar-refractivity contribution < 1.29 is 4.74 Å². The van der Waals surface area contributed by atoms with Gasteiger partial charge in [-0.15, -0.1) is 11.3 Å². The molecule has 4 rings (SSSR count). The molecular weight excluding hydrogens is 334 g/mol. The van der Waals surface area contributed by atoms with E-state index in [0.29, 0.717) is 17.9 Å². The Balaban J connectivity index is 1.67. The van der Waals surface area contributed by atoms with Crippen molar-refractivity contribution in [1.82, 2.24) is 14.5 Å². The second kappa shape index (κ2) is 6.29. The predicted molar refractivity (Wildman–Crippen MR) is 101 cm³/mol. The number of benzene rings is 1. The quantitative estimate of drug-likeness (QED) is 0.562. The molecule has 0 atom stereocenters. The molecule has 0 saturated heterocycles. The van der Waals surface area contributed by atoms with Gasteiger partial charge in [0.2, 0.25) is 0 Å². The summed E-state index contributed by atoms with van der Waals surface area (Å²) in [5.41, 5.74) is 2.76. The molecule has 25 heavy (non-hydrogen) atoms. The molecule has 3 heterocycles. The second-order valence-electron chi connectivity index (χ2n) is 5.95. The first-order chi connectivity index (χ1) is 12.1. The van der Waals surface area contributed by atoms with Gasteiger partial charge in [-0.05, 0) is 37.6 Å². The van der Waals surface area contributed by atoms with Gasteiger partial charge in [-0.3, -0.25) is 9.36 Å². The molecule has 3 aromatic heterocycles. The fraction of sp³-hybridized carbons (Fsp3) is 0.211. The number of hydrogen-bond donors (Lipinski definition) is 0. The number of rotatable bonds is 4. The minimum Gasteiger partial charge on any atom is -0.492 e. The first-order valence-electron chi connectivity index (χ1n) is 8.07. The van der Waals surface area contributed by atoms with Gasteiger partial charge in [-0.25, -0.2) is 9.97 Å². The van der Waals surface area contributed by atoms with Crippen LogP contribution in [-0.4, -0.2) is 21.1 Å². The van der Waals surface area contributed by atoms with Crippen molar-refractivity contribution in [3.63, 3.8) is 0 Å². The molecular formula is C19H17N3O2S. The van der Waals surface area contributed by atoms with Crippen LogP contribution in [0.2, 0.25) is 0 Å². The molecule has 0 spiro atoms. The second-order valence-corrected chi connectivity index (χ2v) is 6.94. The number of para-hydroxylation sites is 1. The summed E-state index contributed by atoms with van der Waals surface area (Å²) in [6, 6.07) is 11.6. The Morgan fingerprint density at radius 3 is 2.80 bits per heavy atom. The van der Waals surface area contributed by atoms with E-state index >= 15 is 0 Å². The highest BCUT2D eigenvalue weighted by Crippen LogP contribution is 2.31. The standard InChI is InChI=1S/C19H17N3O2S/c1-12-10-13(2)21-18-15(12)16-17(25-18)19(23)22(11-20-16)8-9-24-14-6-4-3-5-7-14/h3-7,10-11H,8-9H2,1-2H3. The Labute approximate surface area is 148 Å². The Hall–Kier alpha value is -2.73. The van der Waals surface area contributed by atoms with Gasteiger partial charge < -0.3 is 4.74 Å². The molecule has 126 valence electrons.